The van der Waals surface area contributed by atoms with Crippen molar-refractivity contribution in [3.8, 4) is 0 Å². The Morgan fingerprint density at radius 2 is 2.00 bits per heavy atom. The summed E-state index contributed by atoms with van der Waals surface area (Å²) in [5, 5.41) is 18.6. The van der Waals surface area contributed by atoms with Crippen LogP contribution in [0.2, 0.25) is 0 Å². The molecule has 0 aromatic carbocycles. The lowest BCUT2D eigenvalue weighted by molar-refractivity contribution is -0.138. The number of carboxylic acids is 1. The molecule has 0 radical (unpaired) electrons. The number of fused-ring (bicyclic) bond motifs is 1. The van der Waals surface area contributed by atoms with Gasteiger partial charge in [0, 0.05) is 0 Å². The van der Waals surface area contributed by atoms with Crippen molar-refractivity contribution < 1.29 is 15.0 Å². The number of hydrogen-bond acceptors (Lipinski definition) is 2. The van der Waals surface area contributed by atoms with Crippen molar-refractivity contribution in [2.24, 2.45) is 29.6 Å². The molecule has 6 atom stereocenters. The summed E-state index contributed by atoms with van der Waals surface area (Å²) >= 11 is 0. The molecule has 3 fully saturated rings. The van der Waals surface area contributed by atoms with E-state index < -0.39 is 5.97 Å². The summed E-state index contributed by atoms with van der Waals surface area (Å²) in [7, 11) is 0. The van der Waals surface area contributed by atoms with Crippen molar-refractivity contribution in [1.29, 1.82) is 0 Å². The van der Waals surface area contributed by atoms with Crippen molar-refractivity contribution in [3.05, 3.63) is 0 Å². The predicted molar refractivity (Wildman–Crippen MR) is 49.6 cm³/mol. The molecular formula is C11H16O3. The number of carbonyl (C=O) groups is 1. The van der Waals surface area contributed by atoms with Crippen molar-refractivity contribution in [1.82, 2.24) is 0 Å². The fourth-order valence-corrected chi connectivity index (χ4v) is 3.27. The minimum Gasteiger partial charge on any atom is -0.481 e. The first-order valence-corrected chi connectivity index (χ1v) is 5.57. The Kier molecular flexibility index (Phi) is 1.69. The molecule has 78 valence electrons. The molecule has 0 aromatic heterocycles. The summed E-state index contributed by atoms with van der Waals surface area (Å²) in [6, 6.07) is 0. The summed E-state index contributed by atoms with van der Waals surface area (Å²) in [6.07, 6.45) is 4.04. The number of aliphatic hydroxyl groups is 1. The molecule has 0 amide bonds. The van der Waals surface area contributed by atoms with E-state index in [4.69, 9.17) is 5.11 Å². The van der Waals surface area contributed by atoms with E-state index in [1.54, 1.807) is 0 Å². The van der Waals surface area contributed by atoms with Crippen LogP contribution < -0.4 is 0 Å². The minimum absolute atomic E-state index is 0.0980. The van der Waals surface area contributed by atoms with Gasteiger partial charge >= 0.3 is 5.97 Å². The summed E-state index contributed by atoms with van der Waals surface area (Å²) in [6.45, 7) is 0. The van der Waals surface area contributed by atoms with E-state index in [2.05, 4.69) is 0 Å². The van der Waals surface area contributed by atoms with Crippen LogP contribution in [-0.4, -0.2) is 22.3 Å². The lowest BCUT2D eigenvalue weighted by Gasteiger charge is -2.16. The molecule has 0 bridgehead atoms. The molecule has 0 aliphatic heterocycles. The zero-order valence-corrected chi connectivity index (χ0v) is 8.10. The van der Waals surface area contributed by atoms with Gasteiger partial charge in [-0.25, -0.2) is 0 Å². The van der Waals surface area contributed by atoms with Crippen molar-refractivity contribution in [2.75, 3.05) is 0 Å². The lowest BCUT2D eigenvalue weighted by Crippen LogP contribution is -2.18. The van der Waals surface area contributed by atoms with Crippen LogP contribution in [0.4, 0.5) is 0 Å². The third-order valence-electron chi connectivity index (χ3n) is 4.35. The Hall–Kier alpha value is -0.570. The van der Waals surface area contributed by atoms with Gasteiger partial charge in [-0.3, -0.25) is 4.79 Å². The molecule has 3 nitrogen and oxygen atoms in total. The SMILES string of the molecule is O=C(O)C1CC1C[C@H]1C[C@@H]2C[C@@H]2[C@@H]1O. The van der Waals surface area contributed by atoms with Crippen LogP contribution in [0.15, 0.2) is 0 Å². The second-order valence-corrected chi connectivity index (χ2v) is 5.32. The Morgan fingerprint density at radius 3 is 2.50 bits per heavy atom. The zero-order chi connectivity index (χ0) is 9.87. The second-order valence-electron chi connectivity index (χ2n) is 5.32. The van der Waals surface area contributed by atoms with Gasteiger partial charge in [0.25, 0.3) is 0 Å². The number of rotatable bonds is 3. The van der Waals surface area contributed by atoms with Gasteiger partial charge in [-0.2, -0.15) is 0 Å². The Balaban J connectivity index is 1.52. The summed E-state index contributed by atoms with van der Waals surface area (Å²) < 4.78 is 0. The van der Waals surface area contributed by atoms with E-state index in [1.807, 2.05) is 0 Å². The van der Waals surface area contributed by atoms with Crippen molar-refractivity contribution >= 4 is 5.97 Å². The van der Waals surface area contributed by atoms with E-state index in [0.717, 1.165) is 25.2 Å². The molecule has 2 N–H and O–H groups in total. The fraction of sp³-hybridized carbons (Fsp3) is 0.909. The monoisotopic (exact) mass is 196 g/mol. The zero-order valence-electron chi connectivity index (χ0n) is 8.10. The highest BCUT2D eigenvalue weighted by atomic mass is 16.4. The Labute approximate surface area is 83.1 Å². The van der Waals surface area contributed by atoms with Gasteiger partial charge in [0.15, 0.2) is 0 Å². The molecule has 3 saturated carbocycles. The molecule has 0 aromatic rings. The summed E-state index contributed by atoms with van der Waals surface area (Å²) in [4.78, 5) is 10.6. The van der Waals surface area contributed by atoms with Crippen LogP contribution in [0.3, 0.4) is 0 Å². The quantitative estimate of drug-likeness (QED) is 0.711. The molecule has 0 spiro atoms. The van der Waals surface area contributed by atoms with Crippen molar-refractivity contribution in [2.45, 2.75) is 31.8 Å². The highest BCUT2D eigenvalue weighted by molar-refractivity contribution is 5.73. The number of aliphatic carboxylic acids is 1. The second kappa shape index (κ2) is 2.72. The molecule has 3 rings (SSSR count). The molecule has 2 unspecified atom stereocenters. The maximum Gasteiger partial charge on any atom is 0.306 e. The van der Waals surface area contributed by atoms with Crippen LogP contribution in [0.25, 0.3) is 0 Å². The number of aliphatic hydroxyl groups excluding tert-OH is 1. The van der Waals surface area contributed by atoms with E-state index in [-0.39, 0.29) is 12.0 Å². The fourth-order valence-electron chi connectivity index (χ4n) is 3.27. The van der Waals surface area contributed by atoms with Gasteiger partial charge < -0.3 is 10.2 Å². The van der Waals surface area contributed by atoms with Crippen LogP contribution in [0.1, 0.15) is 25.7 Å². The Morgan fingerprint density at radius 1 is 1.21 bits per heavy atom. The average Bonchev–Trinajstić information content (AvgIpc) is 2.96. The van der Waals surface area contributed by atoms with Crippen LogP contribution in [-0.2, 0) is 4.79 Å². The molecule has 3 aliphatic carbocycles. The molecular weight excluding hydrogens is 180 g/mol. The molecule has 0 saturated heterocycles. The first-order chi connectivity index (χ1) is 6.66. The van der Waals surface area contributed by atoms with E-state index in [9.17, 15) is 9.90 Å². The minimum atomic E-state index is -0.646. The van der Waals surface area contributed by atoms with Gasteiger partial charge in [0.2, 0.25) is 0 Å². The largest absolute Gasteiger partial charge is 0.481 e. The van der Waals surface area contributed by atoms with Crippen LogP contribution >= 0.6 is 0 Å². The van der Waals surface area contributed by atoms with E-state index in [1.165, 1.54) is 6.42 Å². The standard InChI is InChI=1S/C11H16O3/c12-10-7(1-5-3-8(5)10)2-6-4-9(6)11(13)14/h5-10,12H,1-4H2,(H,13,14)/t5-,6?,7-,8+,9?,10-/m1/s1. The molecule has 3 heteroatoms. The number of carboxylic acid groups (broad SMARTS) is 1. The highest BCUT2D eigenvalue weighted by Gasteiger charge is 2.55. The van der Waals surface area contributed by atoms with Gasteiger partial charge in [-0.15, -0.1) is 0 Å². The number of hydrogen-bond donors (Lipinski definition) is 2. The third-order valence-corrected chi connectivity index (χ3v) is 4.35. The third kappa shape index (κ3) is 1.26. The molecule has 14 heavy (non-hydrogen) atoms. The van der Waals surface area contributed by atoms with Gasteiger partial charge in [-0.1, -0.05) is 0 Å². The van der Waals surface area contributed by atoms with Gasteiger partial charge in [0.05, 0.1) is 12.0 Å². The maximum atomic E-state index is 10.6. The Bertz CT molecular complexity index is 276. The van der Waals surface area contributed by atoms with E-state index in [0.29, 0.717) is 17.8 Å². The summed E-state index contributed by atoms with van der Waals surface area (Å²) in [5.74, 6) is 1.38. The molecule has 0 heterocycles. The highest BCUT2D eigenvalue weighted by Crippen LogP contribution is 2.57. The first kappa shape index (κ1) is 8.72. The van der Waals surface area contributed by atoms with Crippen LogP contribution in [0, 0.1) is 29.6 Å². The van der Waals surface area contributed by atoms with Gasteiger partial charge in [0.1, 0.15) is 0 Å². The van der Waals surface area contributed by atoms with Gasteiger partial charge in [-0.05, 0) is 49.4 Å². The topological polar surface area (TPSA) is 57.5 Å². The van der Waals surface area contributed by atoms with E-state index >= 15 is 0 Å². The van der Waals surface area contributed by atoms with Crippen molar-refractivity contribution in [3.63, 3.8) is 0 Å². The van der Waals surface area contributed by atoms with Crippen LogP contribution in [0.5, 0.6) is 0 Å². The molecule has 3 aliphatic rings. The average molecular weight is 196 g/mol. The smallest absolute Gasteiger partial charge is 0.306 e. The normalized spacial score (nSPS) is 54.1. The summed E-state index contributed by atoms with van der Waals surface area (Å²) in [5.41, 5.74) is 0. The lowest BCUT2D eigenvalue weighted by atomic mass is 9.94. The predicted octanol–water partition coefficient (Wildman–Crippen LogP) is 1.11. The maximum absolute atomic E-state index is 10.6. The first-order valence-electron chi connectivity index (χ1n) is 5.57.